The molecule has 1 fully saturated rings. The van der Waals surface area contributed by atoms with Crippen molar-refractivity contribution >= 4 is 23.2 Å². The highest BCUT2D eigenvalue weighted by Crippen LogP contribution is 2.33. The molecule has 1 aliphatic rings. The Labute approximate surface area is 113 Å². The van der Waals surface area contributed by atoms with Crippen LogP contribution >= 0.6 is 11.6 Å². The van der Waals surface area contributed by atoms with Crippen molar-refractivity contribution in [3.05, 3.63) is 28.8 Å². The molecule has 18 heavy (non-hydrogen) atoms. The molecule has 2 N–H and O–H groups in total. The minimum Gasteiger partial charge on any atom is -0.387 e. The summed E-state index contributed by atoms with van der Waals surface area (Å²) in [5.74, 6) is 0.860. The molecule has 0 aromatic heterocycles. The predicted molar refractivity (Wildman–Crippen MR) is 75.3 cm³/mol. The molecule has 0 bridgehead atoms. The molecule has 98 valence electrons. The van der Waals surface area contributed by atoms with Gasteiger partial charge in [0.25, 0.3) is 5.91 Å². The SMILES string of the molecule is CNc1ccc(Cl)cc1C(=O)NCCCC1CC1. The van der Waals surface area contributed by atoms with Crippen LogP contribution in [0.2, 0.25) is 5.02 Å². The molecule has 0 heterocycles. The zero-order valence-corrected chi connectivity index (χ0v) is 11.4. The third-order valence-corrected chi connectivity index (χ3v) is 3.50. The number of carbonyl (C=O) groups is 1. The molecule has 1 amide bonds. The van der Waals surface area contributed by atoms with E-state index < -0.39 is 0 Å². The van der Waals surface area contributed by atoms with Crippen molar-refractivity contribution in [1.82, 2.24) is 5.32 Å². The zero-order chi connectivity index (χ0) is 13.0. The number of amides is 1. The second-order valence-electron chi connectivity index (χ2n) is 4.78. The Morgan fingerprint density at radius 3 is 2.89 bits per heavy atom. The smallest absolute Gasteiger partial charge is 0.253 e. The fourth-order valence-electron chi connectivity index (χ4n) is 2.02. The fraction of sp³-hybridized carbons (Fsp3) is 0.500. The number of hydrogen-bond acceptors (Lipinski definition) is 2. The number of nitrogens with one attached hydrogen (secondary N) is 2. The molecule has 0 radical (unpaired) electrons. The summed E-state index contributed by atoms with van der Waals surface area (Å²) >= 11 is 5.92. The minimum atomic E-state index is -0.0577. The van der Waals surface area contributed by atoms with Crippen LogP contribution < -0.4 is 10.6 Å². The molecule has 0 saturated heterocycles. The lowest BCUT2D eigenvalue weighted by atomic mass is 10.1. The lowest BCUT2D eigenvalue weighted by Crippen LogP contribution is -2.25. The van der Waals surface area contributed by atoms with Crippen molar-refractivity contribution in [2.45, 2.75) is 25.7 Å². The minimum absolute atomic E-state index is 0.0577. The Bertz CT molecular complexity index is 430. The maximum absolute atomic E-state index is 12.0. The molecule has 0 atom stereocenters. The first-order valence-corrected chi connectivity index (χ1v) is 6.84. The summed E-state index contributed by atoms with van der Waals surface area (Å²) in [7, 11) is 1.80. The Kier molecular flexibility index (Phi) is 4.48. The second kappa shape index (κ2) is 6.10. The van der Waals surface area contributed by atoms with Gasteiger partial charge in [0.05, 0.1) is 5.56 Å². The highest BCUT2D eigenvalue weighted by molar-refractivity contribution is 6.31. The summed E-state index contributed by atoms with van der Waals surface area (Å²) in [6.45, 7) is 0.741. The van der Waals surface area contributed by atoms with Crippen LogP contribution in [0.25, 0.3) is 0 Å². The van der Waals surface area contributed by atoms with Crippen molar-refractivity contribution in [2.75, 3.05) is 18.9 Å². The highest BCUT2D eigenvalue weighted by Gasteiger charge is 2.20. The van der Waals surface area contributed by atoms with E-state index in [1.54, 1.807) is 19.2 Å². The largest absolute Gasteiger partial charge is 0.387 e. The van der Waals surface area contributed by atoms with Crippen LogP contribution in [0.4, 0.5) is 5.69 Å². The van der Waals surface area contributed by atoms with E-state index in [9.17, 15) is 4.79 Å². The van der Waals surface area contributed by atoms with E-state index in [0.717, 1.165) is 24.6 Å². The van der Waals surface area contributed by atoms with Gasteiger partial charge in [0.1, 0.15) is 0 Å². The number of rotatable bonds is 6. The molecule has 1 aromatic carbocycles. The second-order valence-corrected chi connectivity index (χ2v) is 5.22. The molecule has 0 spiro atoms. The Morgan fingerprint density at radius 2 is 2.22 bits per heavy atom. The average Bonchev–Trinajstić information content (AvgIpc) is 3.18. The van der Waals surface area contributed by atoms with Crippen molar-refractivity contribution in [1.29, 1.82) is 0 Å². The van der Waals surface area contributed by atoms with E-state index in [1.807, 2.05) is 6.07 Å². The summed E-state index contributed by atoms with van der Waals surface area (Å²) in [6, 6.07) is 5.29. The van der Waals surface area contributed by atoms with E-state index >= 15 is 0 Å². The third-order valence-electron chi connectivity index (χ3n) is 3.27. The van der Waals surface area contributed by atoms with Crippen LogP contribution in [0.1, 0.15) is 36.0 Å². The van der Waals surface area contributed by atoms with Gasteiger partial charge < -0.3 is 10.6 Å². The molecule has 1 aliphatic carbocycles. The number of benzene rings is 1. The predicted octanol–water partition coefficient (Wildman–Crippen LogP) is 3.30. The Morgan fingerprint density at radius 1 is 1.44 bits per heavy atom. The number of hydrogen-bond donors (Lipinski definition) is 2. The van der Waals surface area contributed by atoms with Gasteiger partial charge in [-0.05, 0) is 37.0 Å². The lowest BCUT2D eigenvalue weighted by Gasteiger charge is -2.10. The molecule has 2 rings (SSSR count). The van der Waals surface area contributed by atoms with Crippen LogP contribution in [0.3, 0.4) is 0 Å². The maximum atomic E-state index is 12.0. The maximum Gasteiger partial charge on any atom is 0.253 e. The Hall–Kier alpha value is -1.22. The molecule has 4 heteroatoms. The summed E-state index contributed by atoms with van der Waals surface area (Å²) in [5.41, 5.74) is 1.41. The molecule has 3 nitrogen and oxygen atoms in total. The first kappa shape index (κ1) is 13.2. The fourth-order valence-corrected chi connectivity index (χ4v) is 2.19. The quantitative estimate of drug-likeness (QED) is 0.776. The van der Waals surface area contributed by atoms with Crippen molar-refractivity contribution in [3.8, 4) is 0 Å². The van der Waals surface area contributed by atoms with E-state index in [-0.39, 0.29) is 5.91 Å². The van der Waals surface area contributed by atoms with Gasteiger partial charge in [-0.3, -0.25) is 4.79 Å². The summed E-state index contributed by atoms with van der Waals surface area (Å²) < 4.78 is 0. The van der Waals surface area contributed by atoms with Crippen LogP contribution in [0.15, 0.2) is 18.2 Å². The van der Waals surface area contributed by atoms with Gasteiger partial charge in [-0.2, -0.15) is 0 Å². The average molecular weight is 267 g/mol. The Balaban J connectivity index is 1.88. The monoisotopic (exact) mass is 266 g/mol. The van der Waals surface area contributed by atoms with Crippen LogP contribution in [-0.4, -0.2) is 19.5 Å². The van der Waals surface area contributed by atoms with E-state index in [4.69, 9.17) is 11.6 Å². The molecule has 1 aromatic rings. The number of carbonyl (C=O) groups excluding carboxylic acids is 1. The molecular weight excluding hydrogens is 248 g/mol. The van der Waals surface area contributed by atoms with Crippen LogP contribution in [-0.2, 0) is 0 Å². The third kappa shape index (κ3) is 3.64. The zero-order valence-electron chi connectivity index (χ0n) is 10.6. The molecular formula is C14H19ClN2O. The molecule has 0 aliphatic heterocycles. The summed E-state index contributed by atoms with van der Waals surface area (Å²) in [4.78, 5) is 12.0. The summed E-state index contributed by atoms with van der Waals surface area (Å²) in [6.07, 6.45) is 5.03. The standard InChI is InChI=1S/C14H19ClN2O/c1-16-13-7-6-11(15)9-12(13)14(18)17-8-2-3-10-4-5-10/h6-7,9-10,16H,2-5,8H2,1H3,(H,17,18). The van der Waals surface area contributed by atoms with Gasteiger partial charge in [0.2, 0.25) is 0 Å². The topological polar surface area (TPSA) is 41.1 Å². The molecule has 0 unspecified atom stereocenters. The van der Waals surface area contributed by atoms with E-state index in [0.29, 0.717) is 10.6 Å². The van der Waals surface area contributed by atoms with Crippen molar-refractivity contribution in [2.24, 2.45) is 5.92 Å². The number of halogens is 1. The highest BCUT2D eigenvalue weighted by atomic mass is 35.5. The van der Waals surface area contributed by atoms with Crippen LogP contribution in [0, 0.1) is 5.92 Å². The van der Waals surface area contributed by atoms with Gasteiger partial charge in [0, 0.05) is 24.3 Å². The van der Waals surface area contributed by atoms with Gasteiger partial charge in [-0.1, -0.05) is 24.4 Å². The van der Waals surface area contributed by atoms with Crippen molar-refractivity contribution in [3.63, 3.8) is 0 Å². The lowest BCUT2D eigenvalue weighted by molar-refractivity contribution is 0.0953. The molecule has 1 saturated carbocycles. The van der Waals surface area contributed by atoms with Gasteiger partial charge in [0.15, 0.2) is 0 Å². The van der Waals surface area contributed by atoms with Gasteiger partial charge in [-0.25, -0.2) is 0 Å². The van der Waals surface area contributed by atoms with Crippen LogP contribution in [0.5, 0.6) is 0 Å². The van der Waals surface area contributed by atoms with Crippen molar-refractivity contribution < 1.29 is 4.79 Å². The van der Waals surface area contributed by atoms with Gasteiger partial charge >= 0.3 is 0 Å². The van der Waals surface area contributed by atoms with E-state index in [2.05, 4.69) is 10.6 Å². The summed E-state index contributed by atoms with van der Waals surface area (Å²) in [5, 5.41) is 6.53. The van der Waals surface area contributed by atoms with Gasteiger partial charge in [-0.15, -0.1) is 0 Å². The normalized spacial score (nSPS) is 14.3. The first-order chi connectivity index (χ1) is 8.70. The number of anilines is 1. The first-order valence-electron chi connectivity index (χ1n) is 6.46. The van der Waals surface area contributed by atoms with E-state index in [1.165, 1.54) is 19.3 Å².